The third-order valence-corrected chi connectivity index (χ3v) is 9.49. The molecule has 4 aromatic rings. The van der Waals surface area contributed by atoms with Gasteiger partial charge in [0.05, 0.1) is 46.9 Å². The van der Waals surface area contributed by atoms with Crippen LogP contribution in [-0.2, 0) is 9.53 Å². The molecule has 6 rings (SSSR count). The molecule has 1 atom stereocenters. The molecule has 214 valence electrons. The van der Waals surface area contributed by atoms with Crippen molar-refractivity contribution < 1.29 is 14.3 Å². The van der Waals surface area contributed by atoms with Crippen LogP contribution in [0.4, 0.5) is 11.4 Å². The summed E-state index contributed by atoms with van der Waals surface area (Å²) in [6.07, 6.45) is 3.31. The second-order valence-corrected chi connectivity index (χ2v) is 12.1. The molecular weight excluding hydrogens is 567 g/mol. The van der Waals surface area contributed by atoms with Crippen LogP contribution >= 0.6 is 23.1 Å². The Morgan fingerprint density at radius 1 is 1.02 bits per heavy atom. The van der Waals surface area contributed by atoms with Gasteiger partial charge in [-0.05, 0) is 66.9 Å². The second kappa shape index (κ2) is 11.7. The fourth-order valence-electron chi connectivity index (χ4n) is 5.45. The highest BCUT2D eigenvalue weighted by atomic mass is 32.2. The van der Waals surface area contributed by atoms with Gasteiger partial charge in [-0.25, -0.2) is 9.79 Å². The van der Waals surface area contributed by atoms with Gasteiger partial charge in [0, 0.05) is 16.8 Å². The number of aromatic nitrogens is 1. The first-order valence-electron chi connectivity index (χ1n) is 13.9. The third kappa shape index (κ3) is 4.97. The monoisotopic (exact) mass is 597 g/mol. The van der Waals surface area contributed by atoms with Crippen LogP contribution in [0.2, 0.25) is 0 Å². The number of hydrogen-bond acceptors (Lipinski definition) is 8. The first-order valence-corrected chi connectivity index (χ1v) is 15.6. The number of esters is 1. The first kappa shape index (κ1) is 28.1. The minimum Gasteiger partial charge on any atom is -0.497 e. The molecule has 0 amide bonds. The number of carbonyl (C=O) groups is 1. The Labute approximate surface area is 252 Å². The van der Waals surface area contributed by atoms with Crippen molar-refractivity contribution >= 4 is 46.5 Å². The van der Waals surface area contributed by atoms with E-state index in [2.05, 4.69) is 36.2 Å². The number of benzene rings is 3. The highest BCUT2D eigenvalue weighted by Gasteiger charge is 2.34. The number of anilines is 2. The van der Waals surface area contributed by atoms with Crippen LogP contribution in [0.5, 0.6) is 5.75 Å². The van der Waals surface area contributed by atoms with Crippen LogP contribution in [0.3, 0.4) is 0 Å². The second-order valence-electron chi connectivity index (χ2n) is 10.0. The summed E-state index contributed by atoms with van der Waals surface area (Å²) in [6, 6.07) is 21.4. The maximum absolute atomic E-state index is 14.1. The molecule has 0 saturated heterocycles. The summed E-state index contributed by atoms with van der Waals surface area (Å²) in [5.74, 6) is 0.188. The molecule has 0 spiro atoms. The van der Waals surface area contributed by atoms with Crippen molar-refractivity contribution in [1.82, 2.24) is 4.57 Å². The van der Waals surface area contributed by atoms with Gasteiger partial charge in [-0.3, -0.25) is 9.36 Å². The normalized spacial score (nSPS) is 16.0. The minimum absolute atomic E-state index is 0.197. The summed E-state index contributed by atoms with van der Waals surface area (Å²) in [5, 5.41) is 0. The van der Waals surface area contributed by atoms with Crippen LogP contribution in [0.25, 0.3) is 6.08 Å². The fourth-order valence-corrected chi connectivity index (χ4v) is 7.66. The molecule has 7 nitrogen and oxygen atoms in total. The van der Waals surface area contributed by atoms with Crippen molar-refractivity contribution in [1.29, 1.82) is 0 Å². The topological polar surface area (TPSA) is 73.1 Å². The standard InChI is InChI=1S/C33H31N3O4S2/c1-5-10-23-29(32(38)40-6-2)30(21-11-9-12-22(19-21)39-4)36-31(37)28(42-33(36)34-23)18-20-15-16-25-27(17-20)41-26-14-8-7-13-24(26)35(25)3/h7-9,11-19,30H,5-6,10H2,1-4H3/b28-18+/t30-/m0/s1. The van der Waals surface area contributed by atoms with E-state index in [1.165, 1.54) is 21.9 Å². The smallest absolute Gasteiger partial charge is 0.338 e. The van der Waals surface area contributed by atoms with Crippen molar-refractivity contribution in [3.63, 3.8) is 0 Å². The maximum Gasteiger partial charge on any atom is 0.338 e. The van der Waals surface area contributed by atoms with E-state index in [0.717, 1.165) is 28.1 Å². The number of hydrogen-bond donors (Lipinski definition) is 0. The van der Waals surface area contributed by atoms with Crippen molar-refractivity contribution in [3.8, 4) is 5.75 Å². The molecule has 1 aromatic heterocycles. The van der Waals surface area contributed by atoms with E-state index in [0.29, 0.717) is 32.8 Å². The van der Waals surface area contributed by atoms with E-state index in [1.807, 2.05) is 55.5 Å². The summed E-state index contributed by atoms with van der Waals surface area (Å²) in [4.78, 5) is 37.5. The zero-order valence-corrected chi connectivity index (χ0v) is 25.6. The van der Waals surface area contributed by atoms with Gasteiger partial charge in [0.1, 0.15) is 5.75 Å². The van der Waals surface area contributed by atoms with Gasteiger partial charge in [-0.2, -0.15) is 0 Å². The van der Waals surface area contributed by atoms with E-state index < -0.39 is 12.0 Å². The average Bonchev–Trinajstić information content (AvgIpc) is 3.30. The Morgan fingerprint density at radius 3 is 2.62 bits per heavy atom. The van der Waals surface area contributed by atoms with E-state index in [-0.39, 0.29) is 12.2 Å². The molecular formula is C33H31N3O4S2. The molecule has 3 aromatic carbocycles. The molecule has 0 aliphatic carbocycles. The van der Waals surface area contributed by atoms with Crippen molar-refractivity contribution in [3.05, 3.63) is 109 Å². The molecule has 0 saturated carbocycles. The molecule has 2 aliphatic heterocycles. The fraction of sp³-hybridized carbons (Fsp3) is 0.242. The Kier molecular flexibility index (Phi) is 7.79. The van der Waals surface area contributed by atoms with E-state index >= 15 is 0 Å². The van der Waals surface area contributed by atoms with Crippen LogP contribution in [0.1, 0.15) is 43.9 Å². The SMILES string of the molecule is CCCC1=C(C(=O)OCC)[C@H](c2cccc(OC)c2)n2c(s/c(=C/c3ccc4c(c3)Sc3ccccc3N4C)c2=O)=N1. The number of fused-ring (bicyclic) bond motifs is 3. The van der Waals surface area contributed by atoms with Crippen molar-refractivity contribution in [2.24, 2.45) is 4.99 Å². The van der Waals surface area contributed by atoms with Gasteiger partial charge < -0.3 is 14.4 Å². The van der Waals surface area contributed by atoms with Crippen LogP contribution in [0, 0.1) is 0 Å². The van der Waals surface area contributed by atoms with Crippen LogP contribution in [0.15, 0.2) is 97.6 Å². The lowest BCUT2D eigenvalue weighted by molar-refractivity contribution is -0.139. The number of methoxy groups -OCH3 is 1. The highest BCUT2D eigenvalue weighted by molar-refractivity contribution is 7.99. The lowest BCUT2D eigenvalue weighted by Crippen LogP contribution is -2.40. The van der Waals surface area contributed by atoms with E-state index in [9.17, 15) is 9.59 Å². The zero-order chi connectivity index (χ0) is 29.4. The summed E-state index contributed by atoms with van der Waals surface area (Å²) in [5.41, 5.74) is 4.85. The number of nitrogens with zero attached hydrogens (tertiary/aromatic N) is 3. The van der Waals surface area contributed by atoms with Crippen molar-refractivity contribution in [2.75, 3.05) is 25.7 Å². The molecule has 0 bridgehead atoms. The molecule has 9 heteroatoms. The zero-order valence-electron chi connectivity index (χ0n) is 23.9. The quantitative estimate of drug-likeness (QED) is 0.250. The number of carbonyl (C=O) groups excluding carboxylic acids is 1. The van der Waals surface area contributed by atoms with Gasteiger partial charge in [0.15, 0.2) is 4.80 Å². The largest absolute Gasteiger partial charge is 0.497 e. The molecule has 0 unspecified atom stereocenters. The number of ether oxygens (including phenoxy) is 2. The van der Waals surface area contributed by atoms with Gasteiger partial charge >= 0.3 is 5.97 Å². The van der Waals surface area contributed by atoms with Crippen LogP contribution < -0.4 is 24.5 Å². The molecule has 0 fully saturated rings. The lowest BCUT2D eigenvalue weighted by Gasteiger charge is -2.29. The molecule has 3 heterocycles. The number of thiazole rings is 1. The summed E-state index contributed by atoms with van der Waals surface area (Å²) in [7, 11) is 3.67. The Balaban J connectivity index is 1.50. The van der Waals surface area contributed by atoms with E-state index in [1.54, 1.807) is 30.4 Å². The van der Waals surface area contributed by atoms with Crippen molar-refractivity contribution in [2.45, 2.75) is 42.5 Å². The van der Waals surface area contributed by atoms with Crippen LogP contribution in [-0.4, -0.2) is 31.3 Å². The van der Waals surface area contributed by atoms with Gasteiger partial charge in [0.25, 0.3) is 5.56 Å². The number of para-hydroxylation sites is 1. The Bertz CT molecular complexity index is 1910. The minimum atomic E-state index is -0.677. The molecule has 42 heavy (non-hydrogen) atoms. The predicted molar refractivity (Wildman–Crippen MR) is 168 cm³/mol. The summed E-state index contributed by atoms with van der Waals surface area (Å²) in [6.45, 7) is 4.05. The Hall–Kier alpha value is -4.08. The number of rotatable bonds is 7. The van der Waals surface area contributed by atoms with Gasteiger partial charge in [0.2, 0.25) is 0 Å². The molecule has 0 N–H and O–H groups in total. The lowest BCUT2D eigenvalue weighted by atomic mass is 9.94. The third-order valence-electron chi connectivity index (χ3n) is 7.39. The Morgan fingerprint density at radius 2 is 1.83 bits per heavy atom. The first-order chi connectivity index (χ1) is 20.4. The predicted octanol–water partition coefficient (Wildman–Crippen LogP) is 5.82. The van der Waals surface area contributed by atoms with Gasteiger partial charge in [-0.1, -0.05) is 66.8 Å². The maximum atomic E-state index is 14.1. The average molecular weight is 598 g/mol. The van der Waals surface area contributed by atoms with E-state index in [4.69, 9.17) is 14.5 Å². The summed E-state index contributed by atoms with van der Waals surface area (Å²) >= 11 is 3.07. The molecule has 0 radical (unpaired) electrons. The summed E-state index contributed by atoms with van der Waals surface area (Å²) < 4.78 is 13.2. The number of allylic oxidation sites excluding steroid dienone is 1. The van der Waals surface area contributed by atoms with Gasteiger partial charge in [-0.15, -0.1) is 0 Å². The highest BCUT2D eigenvalue weighted by Crippen LogP contribution is 2.47. The molecule has 2 aliphatic rings.